The molecule has 0 aromatic heterocycles. The monoisotopic (exact) mass is 792 g/mol. The molecule has 0 radical (unpaired) electrons. The van der Waals surface area contributed by atoms with Gasteiger partial charge in [0.1, 0.15) is 54.9 Å². The van der Waals surface area contributed by atoms with Gasteiger partial charge >= 0.3 is 11.9 Å². The second-order valence-electron chi connectivity index (χ2n) is 14.1. The van der Waals surface area contributed by atoms with Crippen LogP contribution in [0.2, 0.25) is 0 Å². The molecule has 5 rings (SSSR count). The van der Waals surface area contributed by atoms with E-state index in [1.54, 1.807) is 6.08 Å². The molecule has 312 valence electrons. The van der Waals surface area contributed by atoms with E-state index in [0.29, 0.717) is 0 Å². The predicted molar refractivity (Wildman–Crippen MR) is 178 cm³/mol. The molecule has 5 aliphatic rings. The lowest BCUT2D eigenvalue weighted by atomic mass is 9.80. The standard InChI is InChI=1S/C35H52O20/c1-6-14-13(2)19-7-15(14)17(30(44)48-5)11-49-32(54-34-28(42)26(40)24(38)20(9-36)52-34)23-16(8-22(46-3)47-4)18(31(45)51-19)12-50-33(23)55-35-29(43)27(41)25(39)21(10-37)53-35/h6,11-16,19-29,32-43H,1,7-10H2,2-5H3/b17-11-/t13-,14-,15-,16+,19-,20+,21+,23-,24+,25+,26-,27-,28+,29+,32+,33-,34-,35-/m0/s1. The van der Waals surface area contributed by atoms with Gasteiger partial charge in [0.2, 0.25) is 12.6 Å². The zero-order valence-corrected chi connectivity index (χ0v) is 30.7. The fourth-order valence-electron chi connectivity index (χ4n) is 7.83. The zero-order chi connectivity index (χ0) is 40.3. The number of aliphatic hydroxyl groups excluding tert-OH is 8. The number of aliphatic hydroxyl groups is 8. The van der Waals surface area contributed by atoms with Crippen molar-refractivity contribution in [3.05, 3.63) is 36.3 Å². The highest BCUT2D eigenvalue weighted by Gasteiger charge is 2.55. The van der Waals surface area contributed by atoms with E-state index in [-0.39, 0.29) is 29.9 Å². The number of allylic oxidation sites excluding steroid dienone is 1. The van der Waals surface area contributed by atoms with Crippen molar-refractivity contribution in [1.29, 1.82) is 0 Å². The number of hydrogen-bond acceptors (Lipinski definition) is 20. The molecule has 4 bridgehead atoms. The molecule has 0 aromatic carbocycles. The van der Waals surface area contributed by atoms with Gasteiger partial charge in [-0.1, -0.05) is 13.0 Å². The Morgan fingerprint density at radius 1 is 0.836 bits per heavy atom. The van der Waals surface area contributed by atoms with Crippen molar-refractivity contribution >= 4 is 11.9 Å². The normalized spacial score (nSPS) is 44.4. The van der Waals surface area contributed by atoms with Crippen molar-refractivity contribution in [3.8, 4) is 0 Å². The van der Waals surface area contributed by atoms with Gasteiger partial charge in [-0.25, -0.2) is 9.59 Å². The summed E-state index contributed by atoms with van der Waals surface area (Å²) in [5.74, 6) is -5.75. The quantitative estimate of drug-likeness (QED) is 0.0551. The Kier molecular flexibility index (Phi) is 14.7. The van der Waals surface area contributed by atoms with Crippen LogP contribution in [0.1, 0.15) is 19.8 Å². The minimum Gasteiger partial charge on any atom is -0.471 e. The highest BCUT2D eigenvalue weighted by molar-refractivity contribution is 5.90. The topological polar surface area (TPSA) is 288 Å². The Bertz CT molecular complexity index is 1380. The van der Waals surface area contributed by atoms with Crippen molar-refractivity contribution in [2.75, 3.05) is 34.5 Å². The maximum atomic E-state index is 14.2. The van der Waals surface area contributed by atoms with Crippen LogP contribution < -0.4 is 0 Å². The van der Waals surface area contributed by atoms with Crippen LogP contribution in [-0.2, 0) is 57.0 Å². The lowest BCUT2D eigenvalue weighted by Gasteiger charge is -2.46. The molecule has 20 nitrogen and oxygen atoms in total. The molecule has 8 N–H and O–H groups in total. The van der Waals surface area contributed by atoms with E-state index >= 15 is 0 Å². The summed E-state index contributed by atoms with van der Waals surface area (Å²) in [7, 11) is 3.83. The Balaban J connectivity index is 1.68. The van der Waals surface area contributed by atoms with Gasteiger partial charge < -0.3 is 88.2 Å². The molecule has 4 heterocycles. The molecule has 2 saturated heterocycles. The Hall–Kier alpha value is -2.80. The molecular formula is C35H52O20. The minimum atomic E-state index is -1.97. The summed E-state index contributed by atoms with van der Waals surface area (Å²) in [4.78, 5) is 27.6. The number of carbonyl (C=O) groups is 2. The molecule has 1 aliphatic carbocycles. The van der Waals surface area contributed by atoms with Gasteiger partial charge in [0, 0.05) is 38.4 Å². The number of carbonyl (C=O) groups excluding carboxylic acids is 2. The second-order valence-corrected chi connectivity index (χ2v) is 14.1. The van der Waals surface area contributed by atoms with E-state index in [1.807, 2.05) is 6.92 Å². The van der Waals surface area contributed by atoms with E-state index in [4.69, 9.17) is 47.4 Å². The van der Waals surface area contributed by atoms with Gasteiger partial charge in [0.25, 0.3) is 0 Å². The van der Waals surface area contributed by atoms with Crippen molar-refractivity contribution in [2.45, 2.75) is 106 Å². The summed E-state index contributed by atoms with van der Waals surface area (Å²) >= 11 is 0. The van der Waals surface area contributed by atoms with Crippen LogP contribution in [0, 0.1) is 29.6 Å². The summed E-state index contributed by atoms with van der Waals surface area (Å²) in [5, 5.41) is 83.7. The van der Waals surface area contributed by atoms with E-state index < -0.39 is 135 Å². The van der Waals surface area contributed by atoms with Crippen molar-refractivity contribution in [1.82, 2.24) is 0 Å². The van der Waals surface area contributed by atoms with Crippen molar-refractivity contribution in [3.63, 3.8) is 0 Å². The summed E-state index contributed by atoms with van der Waals surface area (Å²) < 4.78 is 57.9. The van der Waals surface area contributed by atoms with Gasteiger partial charge in [-0.15, -0.1) is 6.58 Å². The summed E-state index contributed by atoms with van der Waals surface area (Å²) in [6, 6.07) is 0. The van der Waals surface area contributed by atoms with Crippen LogP contribution in [0.4, 0.5) is 0 Å². The third-order valence-corrected chi connectivity index (χ3v) is 11.1. The third-order valence-electron chi connectivity index (χ3n) is 11.1. The van der Waals surface area contributed by atoms with Gasteiger partial charge in [-0.05, 0) is 12.3 Å². The Labute approximate surface area is 316 Å². The first-order chi connectivity index (χ1) is 26.2. The van der Waals surface area contributed by atoms with Crippen LogP contribution in [0.3, 0.4) is 0 Å². The number of fused-ring (bicyclic) bond motifs is 4. The van der Waals surface area contributed by atoms with Crippen LogP contribution in [0.25, 0.3) is 0 Å². The smallest absolute Gasteiger partial charge is 0.337 e. The van der Waals surface area contributed by atoms with Gasteiger partial charge in [-0.2, -0.15) is 0 Å². The number of methoxy groups -OCH3 is 3. The molecule has 1 saturated carbocycles. The molecule has 0 aromatic rings. The Morgan fingerprint density at radius 2 is 1.36 bits per heavy atom. The fourth-order valence-corrected chi connectivity index (χ4v) is 7.83. The number of esters is 2. The highest BCUT2D eigenvalue weighted by atomic mass is 16.8. The third kappa shape index (κ3) is 8.72. The predicted octanol–water partition coefficient (Wildman–Crippen LogP) is -3.12. The zero-order valence-electron chi connectivity index (χ0n) is 30.7. The molecule has 18 atom stereocenters. The summed E-state index contributed by atoms with van der Waals surface area (Å²) in [6.07, 6.45) is -19.3. The molecule has 55 heavy (non-hydrogen) atoms. The van der Waals surface area contributed by atoms with Gasteiger partial charge in [0.15, 0.2) is 18.9 Å². The molecule has 20 heteroatoms. The average Bonchev–Trinajstić information content (AvgIpc) is 3.49. The molecule has 0 spiro atoms. The fraction of sp³-hybridized carbons (Fsp3) is 0.771. The number of hydrogen-bond donors (Lipinski definition) is 8. The van der Waals surface area contributed by atoms with Crippen molar-refractivity contribution < 1.29 is 97.8 Å². The maximum absolute atomic E-state index is 14.2. The van der Waals surface area contributed by atoms with Crippen molar-refractivity contribution in [2.24, 2.45) is 29.6 Å². The first-order valence-corrected chi connectivity index (χ1v) is 17.8. The first-order valence-electron chi connectivity index (χ1n) is 17.8. The molecular weight excluding hydrogens is 740 g/mol. The highest BCUT2D eigenvalue weighted by Crippen LogP contribution is 2.47. The van der Waals surface area contributed by atoms with Crippen LogP contribution in [0.5, 0.6) is 0 Å². The summed E-state index contributed by atoms with van der Waals surface area (Å²) in [5.41, 5.74) is -0.129. The maximum Gasteiger partial charge on any atom is 0.337 e. The molecule has 4 aliphatic heterocycles. The van der Waals surface area contributed by atoms with E-state index in [1.165, 1.54) is 14.2 Å². The molecule has 0 amide bonds. The van der Waals surface area contributed by atoms with Gasteiger partial charge in [-0.3, -0.25) is 0 Å². The number of ether oxygens (including phenoxy) is 10. The van der Waals surface area contributed by atoms with Crippen LogP contribution in [-0.4, -0.2) is 174 Å². The molecule has 0 unspecified atom stereocenters. The van der Waals surface area contributed by atoms with E-state index in [2.05, 4.69) is 6.58 Å². The van der Waals surface area contributed by atoms with Crippen LogP contribution >= 0.6 is 0 Å². The van der Waals surface area contributed by atoms with E-state index in [9.17, 15) is 50.4 Å². The average molecular weight is 793 g/mol. The largest absolute Gasteiger partial charge is 0.471 e. The number of rotatable bonds is 12. The van der Waals surface area contributed by atoms with Crippen LogP contribution in [0.15, 0.2) is 36.3 Å². The Morgan fingerprint density at radius 3 is 1.84 bits per heavy atom. The first kappa shape index (κ1) is 43.3. The lowest BCUT2D eigenvalue weighted by Crippen LogP contribution is -2.62. The second kappa shape index (κ2) is 18.6. The summed E-state index contributed by atoms with van der Waals surface area (Å²) in [6.45, 7) is 4.15. The SMILES string of the molecule is C=C[C@H]1[C@H](C)[C@@H]2C[C@@H]1/C(C(=O)OC)=C/O[C@H](O[C@@H]1O[C@H](CO)[C@@H](O)[C@H](O)[C@H]1O)[C@H]1[C@H](O[C@@H]3O[C@H](CO)[C@@H](O)[C@H](O)[C@H]3O)OC=C(C(=O)O2)[C@H]1CC(OC)OC. The van der Waals surface area contributed by atoms with Gasteiger partial charge in [0.05, 0.1) is 49.9 Å². The van der Waals surface area contributed by atoms with E-state index in [0.717, 1.165) is 19.6 Å². The minimum absolute atomic E-state index is 0.0251. The molecule has 3 fully saturated rings. The lowest BCUT2D eigenvalue weighted by molar-refractivity contribution is -0.373.